The second-order valence-corrected chi connectivity index (χ2v) is 9.81. The van der Waals surface area contributed by atoms with Crippen molar-refractivity contribution < 1.29 is 17.9 Å². The van der Waals surface area contributed by atoms with Crippen molar-refractivity contribution in [2.75, 3.05) is 46.4 Å². The van der Waals surface area contributed by atoms with Gasteiger partial charge in [0.25, 0.3) is 0 Å². The molecule has 1 aliphatic heterocycles. The van der Waals surface area contributed by atoms with Crippen molar-refractivity contribution in [1.82, 2.24) is 14.1 Å². The van der Waals surface area contributed by atoms with Crippen LogP contribution in [0.4, 0.5) is 0 Å². The fourth-order valence-corrected chi connectivity index (χ4v) is 4.86. The van der Waals surface area contributed by atoms with Crippen LogP contribution in [-0.2, 0) is 21.4 Å². The van der Waals surface area contributed by atoms with Gasteiger partial charge in [-0.05, 0) is 43.2 Å². The average Bonchev–Trinajstić information content (AvgIpc) is 2.76. The Labute approximate surface area is 185 Å². The summed E-state index contributed by atoms with van der Waals surface area (Å²) in [5, 5.41) is 0. The van der Waals surface area contributed by atoms with Crippen molar-refractivity contribution in [2.24, 2.45) is 0 Å². The largest absolute Gasteiger partial charge is 0.494 e. The number of hydrogen-bond donors (Lipinski definition) is 0. The van der Waals surface area contributed by atoms with Gasteiger partial charge in [0.1, 0.15) is 5.75 Å². The third-order valence-corrected chi connectivity index (χ3v) is 7.29. The van der Waals surface area contributed by atoms with Crippen LogP contribution in [0.25, 0.3) is 0 Å². The summed E-state index contributed by atoms with van der Waals surface area (Å²) in [5.41, 5.74) is 2.00. The molecule has 0 atom stereocenters. The van der Waals surface area contributed by atoms with Crippen molar-refractivity contribution >= 4 is 15.9 Å². The molecule has 1 fully saturated rings. The molecule has 0 aromatic heterocycles. The smallest absolute Gasteiger partial charge is 0.243 e. The summed E-state index contributed by atoms with van der Waals surface area (Å²) in [5.74, 6) is 0.488. The molecule has 8 heteroatoms. The third kappa shape index (κ3) is 5.84. The molecule has 2 aromatic rings. The minimum Gasteiger partial charge on any atom is -0.494 e. The minimum absolute atomic E-state index is 0.163. The van der Waals surface area contributed by atoms with Gasteiger partial charge in [0.15, 0.2) is 0 Å². The van der Waals surface area contributed by atoms with Gasteiger partial charge in [-0.2, -0.15) is 4.31 Å². The maximum atomic E-state index is 12.9. The minimum atomic E-state index is -3.76. The molecule has 1 heterocycles. The van der Waals surface area contributed by atoms with E-state index in [2.05, 4.69) is 17.0 Å². The first-order valence-electron chi connectivity index (χ1n) is 10.5. The molecule has 31 heavy (non-hydrogen) atoms. The van der Waals surface area contributed by atoms with Gasteiger partial charge in [-0.1, -0.05) is 30.3 Å². The van der Waals surface area contributed by atoms with Crippen LogP contribution in [0, 0.1) is 6.92 Å². The number of nitrogens with zero attached hydrogens (tertiary/aromatic N) is 3. The maximum Gasteiger partial charge on any atom is 0.243 e. The summed E-state index contributed by atoms with van der Waals surface area (Å²) in [6, 6.07) is 15.0. The molecule has 0 saturated carbocycles. The number of rotatable bonds is 8. The van der Waals surface area contributed by atoms with E-state index in [1.165, 1.54) is 18.7 Å². The van der Waals surface area contributed by atoms with Gasteiger partial charge in [0.05, 0.1) is 18.0 Å². The SMILES string of the molecule is CCOc1ccc(S(=O)(=O)N(C)CC(=O)N2CCN(Cc3ccccc3)CC2)cc1C. The van der Waals surface area contributed by atoms with E-state index < -0.39 is 10.0 Å². The van der Waals surface area contributed by atoms with E-state index in [0.29, 0.717) is 25.4 Å². The molecule has 1 saturated heterocycles. The van der Waals surface area contributed by atoms with Crippen LogP contribution in [0.5, 0.6) is 5.75 Å². The molecule has 7 nitrogen and oxygen atoms in total. The van der Waals surface area contributed by atoms with Crippen LogP contribution in [0.3, 0.4) is 0 Å². The number of likely N-dealkylation sites (N-methyl/N-ethyl adjacent to an activating group) is 1. The van der Waals surface area contributed by atoms with Gasteiger partial charge in [-0.25, -0.2) is 8.42 Å². The van der Waals surface area contributed by atoms with E-state index in [9.17, 15) is 13.2 Å². The van der Waals surface area contributed by atoms with Crippen molar-refractivity contribution in [2.45, 2.75) is 25.3 Å². The van der Waals surface area contributed by atoms with E-state index in [1.54, 1.807) is 17.0 Å². The number of piperazine rings is 1. The third-order valence-electron chi connectivity index (χ3n) is 5.49. The molecule has 1 aliphatic rings. The quantitative estimate of drug-likeness (QED) is 0.624. The summed E-state index contributed by atoms with van der Waals surface area (Å²) in [7, 11) is -2.31. The van der Waals surface area contributed by atoms with Crippen LogP contribution < -0.4 is 4.74 Å². The topological polar surface area (TPSA) is 70.2 Å². The van der Waals surface area contributed by atoms with Crippen LogP contribution in [0.2, 0.25) is 0 Å². The van der Waals surface area contributed by atoms with Gasteiger partial charge in [-0.3, -0.25) is 9.69 Å². The lowest BCUT2D eigenvalue weighted by molar-refractivity contribution is -0.133. The zero-order valence-corrected chi connectivity index (χ0v) is 19.3. The normalized spacial score (nSPS) is 15.3. The monoisotopic (exact) mass is 445 g/mol. The zero-order valence-electron chi connectivity index (χ0n) is 18.5. The molecule has 0 spiro atoms. The highest BCUT2D eigenvalue weighted by Crippen LogP contribution is 2.23. The molecule has 0 unspecified atom stereocenters. The van der Waals surface area contributed by atoms with E-state index in [0.717, 1.165) is 29.5 Å². The van der Waals surface area contributed by atoms with Crippen LogP contribution in [-0.4, -0.2) is 74.8 Å². The molecular formula is C23H31N3O4S. The number of benzene rings is 2. The summed E-state index contributed by atoms with van der Waals surface area (Å²) in [4.78, 5) is 17.0. The Kier molecular flexibility index (Phi) is 7.69. The Morgan fingerprint density at radius 1 is 1.06 bits per heavy atom. The van der Waals surface area contributed by atoms with E-state index in [4.69, 9.17) is 4.74 Å². The number of ether oxygens (including phenoxy) is 1. The Hall–Kier alpha value is -2.42. The molecule has 0 N–H and O–H groups in total. The number of hydrogen-bond acceptors (Lipinski definition) is 5. The Morgan fingerprint density at radius 2 is 1.74 bits per heavy atom. The second-order valence-electron chi connectivity index (χ2n) is 7.76. The molecular weight excluding hydrogens is 414 g/mol. The first kappa shape index (κ1) is 23.2. The summed E-state index contributed by atoms with van der Waals surface area (Å²) in [6.45, 7) is 7.63. The van der Waals surface area contributed by atoms with Gasteiger partial charge in [-0.15, -0.1) is 0 Å². The number of carbonyl (C=O) groups is 1. The second kappa shape index (κ2) is 10.3. The summed E-state index contributed by atoms with van der Waals surface area (Å²) in [6.07, 6.45) is 0. The average molecular weight is 446 g/mol. The lowest BCUT2D eigenvalue weighted by Gasteiger charge is -2.35. The highest BCUT2D eigenvalue weighted by atomic mass is 32.2. The van der Waals surface area contributed by atoms with Gasteiger partial charge < -0.3 is 9.64 Å². The highest BCUT2D eigenvalue weighted by Gasteiger charge is 2.27. The molecule has 168 valence electrons. The molecule has 0 aliphatic carbocycles. The van der Waals surface area contributed by atoms with E-state index in [1.807, 2.05) is 32.0 Å². The number of aryl methyl sites for hydroxylation is 1. The van der Waals surface area contributed by atoms with Crippen LogP contribution in [0.1, 0.15) is 18.1 Å². The van der Waals surface area contributed by atoms with E-state index >= 15 is 0 Å². The molecule has 3 rings (SSSR count). The number of sulfonamides is 1. The maximum absolute atomic E-state index is 12.9. The molecule has 0 radical (unpaired) electrons. The lowest BCUT2D eigenvalue weighted by atomic mass is 10.2. The zero-order chi connectivity index (χ0) is 22.4. The van der Waals surface area contributed by atoms with Gasteiger partial charge in [0.2, 0.25) is 15.9 Å². The van der Waals surface area contributed by atoms with Gasteiger partial charge in [0, 0.05) is 39.8 Å². The predicted molar refractivity (Wildman–Crippen MR) is 120 cm³/mol. The fourth-order valence-electron chi connectivity index (χ4n) is 3.65. The van der Waals surface area contributed by atoms with Crippen molar-refractivity contribution in [3.63, 3.8) is 0 Å². The summed E-state index contributed by atoms with van der Waals surface area (Å²) < 4.78 is 32.5. The summed E-state index contributed by atoms with van der Waals surface area (Å²) >= 11 is 0. The number of carbonyl (C=O) groups excluding carboxylic acids is 1. The van der Waals surface area contributed by atoms with Crippen molar-refractivity contribution in [3.05, 3.63) is 59.7 Å². The van der Waals surface area contributed by atoms with Crippen LogP contribution in [0.15, 0.2) is 53.4 Å². The molecule has 0 bridgehead atoms. The molecule has 2 aromatic carbocycles. The Bertz CT molecular complexity index is 987. The van der Waals surface area contributed by atoms with Crippen molar-refractivity contribution in [1.29, 1.82) is 0 Å². The first-order valence-corrected chi connectivity index (χ1v) is 12.0. The predicted octanol–water partition coefficient (Wildman–Crippen LogP) is 2.36. The van der Waals surface area contributed by atoms with E-state index in [-0.39, 0.29) is 17.3 Å². The Morgan fingerprint density at radius 3 is 2.35 bits per heavy atom. The van der Waals surface area contributed by atoms with Crippen molar-refractivity contribution in [3.8, 4) is 5.75 Å². The fraction of sp³-hybridized carbons (Fsp3) is 0.435. The number of amides is 1. The van der Waals surface area contributed by atoms with Gasteiger partial charge >= 0.3 is 0 Å². The van der Waals surface area contributed by atoms with Crippen LogP contribution >= 0.6 is 0 Å². The molecule has 1 amide bonds. The Balaban J connectivity index is 1.56. The lowest BCUT2D eigenvalue weighted by Crippen LogP contribution is -2.51. The standard InChI is InChI=1S/C23H31N3O4S/c1-4-30-22-11-10-21(16-19(22)2)31(28,29)24(3)18-23(27)26-14-12-25(13-15-26)17-20-8-6-5-7-9-20/h5-11,16H,4,12-15,17-18H2,1-3H3. The highest BCUT2D eigenvalue weighted by molar-refractivity contribution is 7.89. The first-order chi connectivity index (χ1) is 14.8.